The van der Waals surface area contributed by atoms with Gasteiger partial charge in [-0.15, -0.1) is 0 Å². The summed E-state index contributed by atoms with van der Waals surface area (Å²) in [6.45, 7) is 1.96. The Hall–Kier alpha value is -1.84. The third kappa shape index (κ3) is 3.38. The first-order valence-corrected chi connectivity index (χ1v) is 6.82. The van der Waals surface area contributed by atoms with Crippen LogP contribution in [0.4, 0.5) is 0 Å². The molecule has 0 saturated carbocycles. The molecule has 2 aromatic rings. The summed E-state index contributed by atoms with van der Waals surface area (Å²) in [6.07, 6.45) is 0. The van der Waals surface area contributed by atoms with Gasteiger partial charge in [-0.2, -0.15) is 0 Å². The second-order valence-electron chi connectivity index (χ2n) is 4.66. The molecule has 1 amide bonds. The van der Waals surface area contributed by atoms with E-state index in [-0.39, 0.29) is 6.04 Å². The number of hydrogen-bond donors (Lipinski definition) is 2. The number of nitrogens with two attached hydrogens (primary N) is 1. The molecule has 0 bridgehead atoms. The summed E-state index contributed by atoms with van der Waals surface area (Å²) in [6, 6.07) is 16.4. The molecule has 0 saturated heterocycles. The van der Waals surface area contributed by atoms with Gasteiger partial charge < -0.3 is 5.73 Å². The number of rotatable bonds is 5. The van der Waals surface area contributed by atoms with Crippen molar-refractivity contribution in [3.05, 3.63) is 70.7 Å². The van der Waals surface area contributed by atoms with Crippen LogP contribution >= 0.6 is 11.6 Å². The van der Waals surface area contributed by atoms with Crippen LogP contribution in [0.3, 0.4) is 0 Å². The number of primary amides is 1. The molecule has 2 atom stereocenters. The average molecular weight is 289 g/mol. The van der Waals surface area contributed by atoms with Gasteiger partial charge in [0.15, 0.2) is 0 Å². The second kappa shape index (κ2) is 6.55. The van der Waals surface area contributed by atoms with Crippen molar-refractivity contribution in [3.8, 4) is 0 Å². The van der Waals surface area contributed by atoms with E-state index in [2.05, 4.69) is 5.32 Å². The lowest BCUT2D eigenvalue weighted by atomic mass is 10.0. The van der Waals surface area contributed by atoms with Gasteiger partial charge in [0.2, 0.25) is 5.91 Å². The van der Waals surface area contributed by atoms with E-state index in [1.54, 1.807) is 0 Å². The number of amides is 1. The van der Waals surface area contributed by atoms with Crippen molar-refractivity contribution in [3.63, 3.8) is 0 Å². The maximum absolute atomic E-state index is 11.7. The zero-order valence-corrected chi connectivity index (χ0v) is 12.0. The molecule has 2 aromatic carbocycles. The first-order chi connectivity index (χ1) is 9.59. The van der Waals surface area contributed by atoms with Gasteiger partial charge in [0.1, 0.15) is 6.04 Å². The molecule has 0 aliphatic carbocycles. The number of nitrogens with one attached hydrogen (secondary N) is 1. The predicted octanol–water partition coefficient (Wildman–Crippen LogP) is 3.22. The smallest absolute Gasteiger partial charge is 0.239 e. The number of carbonyl (C=O) groups excluding carboxylic acids is 1. The summed E-state index contributed by atoms with van der Waals surface area (Å²) in [5, 5.41) is 3.90. The SMILES string of the molecule is CC(NC(C(N)=O)c1ccccc1)c1ccccc1Cl. The van der Waals surface area contributed by atoms with Crippen LogP contribution in [-0.2, 0) is 4.79 Å². The summed E-state index contributed by atoms with van der Waals surface area (Å²) < 4.78 is 0. The second-order valence-corrected chi connectivity index (χ2v) is 5.06. The van der Waals surface area contributed by atoms with Crippen molar-refractivity contribution in [2.45, 2.75) is 19.0 Å². The fourth-order valence-corrected chi connectivity index (χ4v) is 2.45. The van der Waals surface area contributed by atoms with E-state index in [4.69, 9.17) is 17.3 Å². The van der Waals surface area contributed by atoms with E-state index in [0.717, 1.165) is 11.1 Å². The molecule has 0 aromatic heterocycles. The Morgan fingerprint density at radius 3 is 2.30 bits per heavy atom. The van der Waals surface area contributed by atoms with Gasteiger partial charge >= 0.3 is 0 Å². The molecule has 20 heavy (non-hydrogen) atoms. The Morgan fingerprint density at radius 1 is 1.10 bits per heavy atom. The molecule has 0 radical (unpaired) electrons. The van der Waals surface area contributed by atoms with E-state index < -0.39 is 11.9 Å². The van der Waals surface area contributed by atoms with Crippen molar-refractivity contribution in [1.82, 2.24) is 5.32 Å². The van der Waals surface area contributed by atoms with Crippen LogP contribution in [0, 0.1) is 0 Å². The van der Waals surface area contributed by atoms with Crippen molar-refractivity contribution in [2.24, 2.45) is 5.73 Å². The van der Waals surface area contributed by atoms with Crippen LogP contribution in [0.15, 0.2) is 54.6 Å². The average Bonchev–Trinajstić information content (AvgIpc) is 2.45. The quantitative estimate of drug-likeness (QED) is 0.887. The Balaban J connectivity index is 2.21. The first kappa shape index (κ1) is 14.6. The lowest BCUT2D eigenvalue weighted by Gasteiger charge is -2.22. The van der Waals surface area contributed by atoms with Gasteiger partial charge in [-0.25, -0.2) is 0 Å². The zero-order chi connectivity index (χ0) is 14.5. The topological polar surface area (TPSA) is 55.1 Å². The monoisotopic (exact) mass is 288 g/mol. The molecule has 0 aliphatic heterocycles. The minimum Gasteiger partial charge on any atom is -0.368 e. The van der Waals surface area contributed by atoms with Crippen molar-refractivity contribution in [2.75, 3.05) is 0 Å². The minimum atomic E-state index is -0.539. The van der Waals surface area contributed by atoms with Crippen LogP contribution in [-0.4, -0.2) is 5.91 Å². The van der Waals surface area contributed by atoms with Gasteiger partial charge in [0, 0.05) is 11.1 Å². The van der Waals surface area contributed by atoms with E-state index in [0.29, 0.717) is 5.02 Å². The number of carbonyl (C=O) groups is 1. The third-order valence-electron chi connectivity index (χ3n) is 3.21. The highest BCUT2D eigenvalue weighted by Crippen LogP contribution is 2.25. The van der Waals surface area contributed by atoms with Gasteiger partial charge in [-0.1, -0.05) is 60.1 Å². The standard InChI is InChI=1S/C16H17ClN2O/c1-11(13-9-5-6-10-14(13)17)19-15(16(18)20)12-7-3-2-4-8-12/h2-11,15,19H,1H3,(H2,18,20). The summed E-state index contributed by atoms with van der Waals surface area (Å²) >= 11 is 6.17. The molecule has 0 heterocycles. The molecule has 2 unspecified atom stereocenters. The molecule has 2 rings (SSSR count). The highest BCUT2D eigenvalue weighted by molar-refractivity contribution is 6.31. The van der Waals surface area contributed by atoms with Gasteiger partial charge in [-0.05, 0) is 24.1 Å². The van der Waals surface area contributed by atoms with Gasteiger partial charge in [0.05, 0.1) is 0 Å². The fraction of sp³-hybridized carbons (Fsp3) is 0.188. The molecule has 0 aliphatic rings. The highest BCUT2D eigenvalue weighted by atomic mass is 35.5. The van der Waals surface area contributed by atoms with Crippen LogP contribution in [0.1, 0.15) is 30.1 Å². The van der Waals surface area contributed by atoms with Gasteiger partial charge in [-0.3, -0.25) is 10.1 Å². The molecule has 3 N–H and O–H groups in total. The summed E-state index contributed by atoms with van der Waals surface area (Å²) in [5.41, 5.74) is 7.29. The Labute approximate surface area is 123 Å². The summed E-state index contributed by atoms with van der Waals surface area (Å²) in [5.74, 6) is -0.407. The molecule has 0 spiro atoms. The summed E-state index contributed by atoms with van der Waals surface area (Å²) in [4.78, 5) is 11.7. The van der Waals surface area contributed by atoms with Crippen molar-refractivity contribution < 1.29 is 4.79 Å². The minimum absolute atomic E-state index is 0.0820. The summed E-state index contributed by atoms with van der Waals surface area (Å²) in [7, 11) is 0. The zero-order valence-electron chi connectivity index (χ0n) is 11.2. The lowest BCUT2D eigenvalue weighted by Crippen LogP contribution is -2.35. The van der Waals surface area contributed by atoms with Crippen LogP contribution in [0.2, 0.25) is 5.02 Å². The van der Waals surface area contributed by atoms with E-state index >= 15 is 0 Å². The Morgan fingerprint density at radius 2 is 1.70 bits per heavy atom. The predicted molar refractivity (Wildman–Crippen MR) is 81.4 cm³/mol. The first-order valence-electron chi connectivity index (χ1n) is 6.44. The normalized spacial score (nSPS) is 13.7. The van der Waals surface area contributed by atoms with E-state index in [9.17, 15) is 4.79 Å². The van der Waals surface area contributed by atoms with E-state index in [1.807, 2.05) is 61.5 Å². The largest absolute Gasteiger partial charge is 0.368 e. The number of benzene rings is 2. The van der Waals surface area contributed by atoms with Crippen molar-refractivity contribution in [1.29, 1.82) is 0 Å². The molecular weight excluding hydrogens is 272 g/mol. The molecule has 0 fully saturated rings. The van der Waals surface area contributed by atoms with Crippen LogP contribution < -0.4 is 11.1 Å². The fourth-order valence-electron chi connectivity index (χ4n) is 2.15. The van der Waals surface area contributed by atoms with E-state index in [1.165, 1.54) is 0 Å². The molecule has 104 valence electrons. The third-order valence-corrected chi connectivity index (χ3v) is 3.55. The maximum atomic E-state index is 11.7. The maximum Gasteiger partial charge on any atom is 0.239 e. The Bertz CT molecular complexity index is 586. The van der Waals surface area contributed by atoms with Crippen molar-refractivity contribution >= 4 is 17.5 Å². The van der Waals surface area contributed by atoms with Gasteiger partial charge in [0.25, 0.3) is 0 Å². The molecular formula is C16H17ClN2O. The van der Waals surface area contributed by atoms with Crippen LogP contribution in [0.25, 0.3) is 0 Å². The van der Waals surface area contributed by atoms with Crippen LogP contribution in [0.5, 0.6) is 0 Å². The Kier molecular flexibility index (Phi) is 4.77. The number of halogens is 1. The lowest BCUT2D eigenvalue weighted by molar-refractivity contribution is -0.120. The number of hydrogen-bond acceptors (Lipinski definition) is 2. The highest BCUT2D eigenvalue weighted by Gasteiger charge is 2.21. The molecule has 4 heteroatoms. The molecule has 3 nitrogen and oxygen atoms in total.